The molecule has 2 aromatic heterocycles. The van der Waals surface area contributed by atoms with Gasteiger partial charge in [0.2, 0.25) is 0 Å². The van der Waals surface area contributed by atoms with Gasteiger partial charge in [0, 0.05) is 79.1 Å². The van der Waals surface area contributed by atoms with Crippen LogP contribution in [-0.4, -0.2) is 58.5 Å². The van der Waals surface area contributed by atoms with Crippen LogP contribution < -0.4 is 15.5 Å². The maximum atomic E-state index is 14.3. The highest BCUT2D eigenvalue weighted by Gasteiger charge is 2.33. The SMILES string of the molecule is Cc1csc([C@H]2CCCN2C(=O)c2cc(C(=O)N[C@@H](C)CCc3ccc(NCc4cncc(C(C)(C)F)c4)c(O)c3)cc(N(C)C)c2)n1. The molecule has 0 unspecified atom stereocenters. The number of anilines is 2. The minimum absolute atomic E-state index is 0.0507. The van der Waals surface area contributed by atoms with Gasteiger partial charge in [0.05, 0.1) is 11.7 Å². The number of likely N-dealkylation sites (tertiary alicyclic amines) is 1. The number of carbonyl (C=O) groups excluding carboxylic acids is 2. The van der Waals surface area contributed by atoms with Crippen molar-refractivity contribution in [1.82, 2.24) is 20.2 Å². The zero-order valence-corrected chi connectivity index (χ0v) is 29.3. The second-order valence-corrected chi connectivity index (χ2v) is 14.2. The van der Waals surface area contributed by atoms with Crippen molar-refractivity contribution in [3.05, 3.63) is 98.8 Å². The molecule has 2 atom stereocenters. The molecule has 1 saturated heterocycles. The smallest absolute Gasteiger partial charge is 0.254 e. The average Bonchev–Trinajstić information content (AvgIpc) is 3.71. The van der Waals surface area contributed by atoms with Crippen molar-refractivity contribution in [1.29, 1.82) is 0 Å². The molecular weight excluding hydrogens is 628 g/mol. The molecule has 1 aliphatic rings. The fourth-order valence-electron chi connectivity index (χ4n) is 5.83. The standard InChI is InChI=1S/C37H45FN6O3S/c1-23(9-10-25-11-12-31(33(45)15-25)40-20-26-14-29(21-39-19-26)37(3,4)38)41-34(46)27-16-28(18-30(17-27)43(5)6)36(47)44-13-7-8-32(44)35-42-24(2)22-48-35/h11-12,14-19,21-23,32,40,45H,7-10,13,20H2,1-6H3,(H,41,46)/t23-,32+/m0/s1. The van der Waals surface area contributed by atoms with Gasteiger partial charge in [0.25, 0.3) is 11.8 Å². The molecular formula is C37H45FN6O3S. The highest BCUT2D eigenvalue weighted by molar-refractivity contribution is 7.09. The fraction of sp³-hybridized carbons (Fsp3) is 0.405. The Kier molecular flexibility index (Phi) is 10.7. The molecule has 0 aliphatic carbocycles. The number of rotatable bonds is 12. The number of phenolic OH excluding ortho intramolecular Hbond substituents is 1. The van der Waals surface area contributed by atoms with Crippen molar-refractivity contribution in [3.8, 4) is 5.75 Å². The molecule has 2 amide bonds. The third-order valence-electron chi connectivity index (χ3n) is 8.65. The van der Waals surface area contributed by atoms with Crippen molar-refractivity contribution in [2.24, 2.45) is 0 Å². The van der Waals surface area contributed by atoms with E-state index in [1.54, 1.807) is 41.8 Å². The number of nitrogens with zero attached hydrogens (tertiary/aromatic N) is 4. The molecule has 1 aliphatic heterocycles. The molecule has 48 heavy (non-hydrogen) atoms. The summed E-state index contributed by atoms with van der Waals surface area (Å²) in [5.41, 5.74) is 3.97. The van der Waals surface area contributed by atoms with E-state index in [0.717, 1.165) is 40.4 Å². The number of alkyl halides is 1. The number of aromatic hydroxyl groups is 1. The summed E-state index contributed by atoms with van der Waals surface area (Å²) < 4.78 is 14.3. The second-order valence-electron chi connectivity index (χ2n) is 13.3. The summed E-state index contributed by atoms with van der Waals surface area (Å²) in [5.74, 6) is -0.226. The van der Waals surface area contributed by atoms with Gasteiger partial charge >= 0.3 is 0 Å². The van der Waals surface area contributed by atoms with Gasteiger partial charge in [-0.1, -0.05) is 6.07 Å². The van der Waals surface area contributed by atoms with E-state index in [2.05, 4.69) is 20.6 Å². The van der Waals surface area contributed by atoms with Crippen LogP contribution in [0, 0.1) is 6.92 Å². The van der Waals surface area contributed by atoms with Gasteiger partial charge in [-0.2, -0.15) is 0 Å². The van der Waals surface area contributed by atoms with E-state index in [-0.39, 0.29) is 29.6 Å². The normalized spacial score (nSPS) is 15.3. The number of aromatic nitrogens is 2. The van der Waals surface area contributed by atoms with Gasteiger partial charge in [-0.3, -0.25) is 14.6 Å². The Morgan fingerprint density at radius 1 is 1.12 bits per heavy atom. The first-order valence-electron chi connectivity index (χ1n) is 16.3. The van der Waals surface area contributed by atoms with E-state index >= 15 is 0 Å². The lowest BCUT2D eigenvalue weighted by Crippen LogP contribution is -2.34. The van der Waals surface area contributed by atoms with E-state index in [1.165, 1.54) is 20.0 Å². The summed E-state index contributed by atoms with van der Waals surface area (Å²) in [5, 5.41) is 19.9. The summed E-state index contributed by atoms with van der Waals surface area (Å²) in [7, 11) is 3.78. The van der Waals surface area contributed by atoms with Gasteiger partial charge in [-0.25, -0.2) is 9.37 Å². The molecule has 1 fully saturated rings. The first-order valence-corrected chi connectivity index (χ1v) is 17.2. The van der Waals surface area contributed by atoms with Gasteiger partial charge < -0.3 is 25.5 Å². The Hall–Kier alpha value is -4.51. The summed E-state index contributed by atoms with van der Waals surface area (Å²) in [4.78, 5) is 39.8. The number of thiazole rings is 1. The van der Waals surface area contributed by atoms with E-state index in [0.29, 0.717) is 48.3 Å². The quantitative estimate of drug-likeness (QED) is 0.137. The van der Waals surface area contributed by atoms with Gasteiger partial charge in [0.15, 0.2) is 0 Å². The van der Waals surface area contributed by atoms with Crippen LogP contribution in [0.4, 0.5) is 15.8 Å². The number of aryl methyl sites for hydroxylation is 2. The lowest BCUT2D eigenvalue weighted by atomic mass is 10.0. The summed E-state index contributed by atoms with van der Waals surface area (Å²) in [6.45, 7) is 7.94. The van der Waals surface area contributed by atoms with E-state index in [4.69, 9.17) is 0 Å². The number of nitrogens with one attached hydrogen (secondary N) is 2. The first kappa shape index (κ1) is 34.8. The Balaban J connectivity index is 1.19. The van der Waals surface area contributed by atoms with E-state index < -0.39 is 5.67 Å². The summed E-state index contributed by atoms with van der Waals surface area (Å²) in [6, 6.07) is 12.4. The number of halogens is 1. The maximum Gasteiger partial charge on any atom is 0.254 e. The van der Waals surface area contributed by atoms with Crippen LogP contribution in [0.25, 0.3) is 0 Å². The van der Waals surface area contributed by atoms with Crippen LogP contribution in [0.2, 0.25) is 0 Å². The van der Waals surface area contributed by atoms with E-state index in [9.17, 15) is 19.1 Å². The summed E-state index contributed by atoms with van der Waals surface area (Å²) in [6.07, 6.45) is 6.27. The fourth-order valence-corrected chi connectivity index (χ4v) is 6.78. The molecule has 3 heterocycles. The number of amides is 2. The number of phenols is 1. The lowest BCUT2D eigenvalue weighted by Gasteiger charge is -2.24. The Morgan fingerprint density at radius 2 is 1.90 bits per heavy atom. The van der Waals surface area contributed by atoms with Crippen LogP contribution in [-0.2, 0) is 18.6 Å². The number of benzene rings is 2. The van der Waals surface area contributed by atoms with Crippen LogP contribution >= 0.6 is 11.3 Å². The number of carbonyl (C=O) groups is 2. The van der Waals surface area contributed by atoms with Crippen molar-refractivity contribution in [2.45, 2.75) is 77.7 Å². The molecule has 0 bridgehead atoms. The summed E-state index contributed by atoms with van der Waals surface area (Å²) >= 11 is 1.59. The Labute approximate surface area is 286 Å². The Morgan fingerprint density at radius 3 is 2.58 bits per heavy atom. The molecule has 3 N–H and O–H groups in total. The molecule has 0 radical (unpaired) electrons. The zero-order chi connectivity index (χ0) is 34.6. The van der Waals surface area contributed by atoms with Crippen LogP contribution in [0.1, 0.15) is 94.2 Å². The monoisotopic (exact) mass is 672 g/mol. The minimum atomic E-state index is -1.49. The topological polar surface area (TPSA) is 111 Å². The van der Waals surface area contributed by atoms with E-state index in [1.807, 2.05) is 61.3 Å². The molecule has 254 valence electrons. The molecule has 0 saturated carbocycles. The maximum absolute atomic E-state index is 14.3. The lowest BCUT2D eigenvalue weighted by molar-refractivity contribution is 0.0735. The van der Waals surface area contributed by atoms with Crippen LogP contribution in [0.5, 0.6) is 5.75 Å². The van der Waals surface area contributed by atoms with Crippen LogP contribution in [0.15, 0.2) is 60.2 Å². The van der Waals surface area contributed by atoms with Crippen molar-refractivity contribution >= 4 is 34.5 Å². The number of hydrogen-bond acceptors (Lipinski definition) is 8. The van der Waals surface area contributed by atoms with Crippen molar-refractivity contribution < 1.29 is 19.1 Å². The second kappa shape index (κ2) is 14.7. The average molecular weight is 673 g/mol. The number of hydrogen-bond donors (Lipinski definition) is 3. The predicted molar refractivity (Wildman–Crippen MR) is 190 cm³/mol. The minimum Gasteiger partial charge on any atom is -0.506 e. The molecule has 5 rings (SSSR count). The molecule has 2 aromatic carbocycles. The largest absolute Gasteiger partial charge is 0.506 e. The van der Waals surface area contributed by atoms with Gasteiger partial charge in [-0.15, -0.1) is 11.3 Å². The highest BCUT2D eigenvalue weighted by Crippen LogP contribution is 2.35. The van der Waals surface area contributed by atoms with Crippen molar-refractivity contribution in [2.75, 3.05) is 30.9 Å². The first-order chi connectivity index (χ1) is 22.8. The molecule has 11 heteroatoms. The molecule has 0 spiro atoms. The Bertz CT molecular complexity index is 1770. The molecule has 9 nitrogen and oxygen atoms in total. The molecule has 4 aromatic rings. The highest BCUT2D eigenvalue weighted by atomic mass is 32.1. The third-order valence-corrected chi connectivity index (χ3v) is 9.71. The number of pyridine rings is 1. The zero-order valence-electron chi connectivity index (χ0n) is 28.5. The third kappa shape index (κ3) is 8.49. The predicted octanol–water partition coefficient (Wildman–Crippen LogP) is 7.16. The van der Waals surface area contributed by atoms with Gasteiger partial charge in [0.1, 0.15) is 16.4 Å². The van der Waals surface area contributed by atoms with Crippen molar-refractivity contribution in [3.63, 3.8) is 0 Å². The van der Waals surface area contributed by atoms with Crippen LogP contribution in [0.3, 0.4) is 0 Å². The van der Waals surface area contributed by atoms with Gasteiger partial charge in [-0.05, 0) is 101 Å².